The average molecular weight is 340 g/mol. The van der Waals surface area contributed by atoms with E-state index >= 15 is 0 Å². The lowest BCUT2D eigenvalue weighted by Gasteiger charge is -2.28. The van der Waals surface area contributed by atoms with Crippen LogP contribution in [0.15, 0.2) is 53.5 Å². The van der Waals surface area contributed by atoms with Gasteiger partial charge in [0.15, 0.2) is 0 Å². The largest absolute Gasteiger partial charge is 0.497 e. The number of methoxy groups -OCH3 is 1. The van der Waals surface area contributed by atoms with Gasteiger partial charge >= 0.3 is 0 Å². The number of carbonyl (C=O) groups excluding carboxylic acids is 1. The third kappa shape index (κ3) is 3.71. The molecular weight excluding hydrogens is 320 g/mol. The molecule has 130 valence electrons. The summed E-state index contributed by atoms with van der Waals surface area (Å²) < 4.78 is 11.8. The topological polar surface area (TPSA) is 73.4 Å². The lowest BCUT2D eigenvalue weighted by atomic mass is 10.1. The third-order valence-corrected chi connectivity index (χ3v) is 4.03. The van der Waals surface area contributed by atoms with Gasteiger partial charge in [-0.15, -0.1) is 0 Å². The molecule has 7 nitrogen and oxygen atoms in total. The first-order valence-electron chi connectivity index (χ1n) is 7.92. The molecule has 1 amide bonds. The van der Waals surface area contributed by atoms with Crippen LogP contribution in [0, 0.1) is 0 Å². The van der Waals surface area contributed by atoms with Gasteiger partial charge in [-0.2, -0.15) is 5.10 Å². The van der Waals surface area contributed by atoms with Gasteiger partial charge in [-0.1, -0.05) is 17.3 Å². The van der Waals surface area contributed by atoms with Crippen molar-refractivity contribution < 1.29 is 14.1 Å². The van der Waals surface area contributed by atoms with E-state index in [-0.39, 0.29) is 18.4 Å². The van der Waals surface area contributed by atoms with Crippen molar-refractivity contribution in [1.82, 2.24) is 14.9 Å². The van der Waals surface area contributed by atoms with Gasteiger partial charge in [0.1, 0.15) is 12.0 Å². The number of hydrogen-bond acceptors (Lipinski definition) is 5. The summed E-state index contributed by atoms with van der Waals surface area (Å²) in [6.07, 6.45) is 5.11. The van der Waals surface area contributed by atoms with E-state index in [0.717, 1.165) is 17.0 Å². The van der Waals surface area contributed by atoms with E-state index in [9.17, 15) is 4.79 Å². The summed E-state index contributed by atoms with van der Waals surface area (Å²) >= 11 is 0. The summed E-state index contributed by atoms with van der Waals surface area (Å²) in [7, 11) is 3.44. The fraction of sp³-hybridized carbons (Fsp3) is 0.278. The quantitative estimate of drug-likeness (QED) is 0.690. The molecule has 0 saturated heterocycles. The molecule has 2 aromatic heterocycles. The maximum Gasteiger partial charge on any atom is 0.233 e. The molecule has 1 aromatic carbocycles. The first kappa shape index (κ1) is 16.8. The van der Waals surface area contributed by atoms with Gasteiger partial charge in [0.2, 0.25) is 5.91 Å². The van der Waals surface area contributed by atoms with Crippen LogP contribution in [0.25, 0.3) is 0 Å². The second-order valence-electron chi connectivity index (χ2n) is 5.76. The molecule has 3 rings (SSSR count). The van der Waals surface area contributed by atoms with Crippen molar-refractivity contribution in [2.45, 2.75) is 19.4 Å². The first-order valence-corrected chi connectivity index (χ1v) is 7.92. The number of nitrogens with zero attached hydrogens (tertiary/aromatic N) is 4. The molecule has 0 aliphatic heterocycles. The highest BCUT2D eigenvalue weighted by atomic mass is 16.5. The lowest BCUT2D eigenvalue weighted by molar-refractivity contribution is -0.118. The van der Waals surface area contributed by atoms with Gasteiger partial charge in [0.25, 0.3) is 0 Å². The summed E-state index contributed by atoms with van der Waals surface area (Å²) in [5, 5.41) is 8.02. The minimum absolute atomic E-state index is 0.0859. The Labute approximate surface area is 145 Å². The van der Waals surface area contributed by atoms with Crippen LogP contribution in [-0.2, 0) is 18.3 Å². The first-order chi connectivity index (χ1) is 12.1. The SMILES string of the molecule is COc1cccc([C@@H](C)N(C(=O)Cc2ccon2)c2cnn(C)c2)c1. The molecule has 0 saturated carbocycles. The van der Waals surface area contributed by atoms with Gasteiger partial charge in [-0.25, -0.2) is 0 Å². The van der Waals surface area contributed by atoms with Crippen LogP contribution in [0.5, 0.6) is 5.75 Å². The summed E-state index contributed by atoms with van der Waals surface area (Å²) in [5.41, 5.74) is 2.29. The van der Waals surface area contributed by atoms with E-state index in [1.165, 1.54) is 6.26 Å². The Morgan fingerprint density at radius 1 is 1.40 bits per heavy atom. The van der Waals surface area contributed by atoms with Crippen LogP contribution in [0.4, 0.5) is 5.69 Å². The second kappa shape index (κ2) is 7.21. The van der Waals surface area contributed by atoms with Crippen molar-refractivity contribution in [2.24, 2.45) is 7.05 Å². The Morgan fingerprint density at radius 3 is 2.88 bits per heavy atom. The zero-order valence-corrected chi connectivity index (χ0v) is 14.4. The van der Waals surface area contributed by atoms with Gasteiger partial charge in [0.05, 0.1) is 37.2 Å². The second-order valence-corrected chi connectivity index (χ2v) is 5.76. The third-order valence-electron chi connectivity index (χ3n) is 4.03. The molecule has 0 spiro atoms. The number of rotatable bonds is 6. The maximum atomic E-state index is 13.0. The van der Waals surface area contributed by atoms with E-state index in [4.69, 9.17) is 9.26 Å². The van der Waals surface area contributed by atoms with E-state index < -0.39 is 0 Å². The van der Waals surface area contributed by atoms with E-state index in [0.29, 0.717) is 5.69 Å². The molecule has 0 aliphatic rings. The minimum Gasteiger partial charge on any atom is -0.497 e. The fourth-order valence-electron chi connectivity index (χ4n) is 2.74. The Bertz CT molecular complexity index is 842. The van der Waals surface area contributed by atoms with Crippen LogP contribution in [0.2, 0.25) is 0 Å². The summed E-state index contributed by atoms with van der Waals surface area (Å²) in [6, 6.07) is 9.18. The van der Waals surface area contributed by atoms with Crippen molar-refractivity contribution >= 4 is 11.6 Å². The number of anilines is 1. The minimum atomic E-state index is -0.196. The van der Waals surface area contributed by atoms with Crippen LogP contribution in [0.1, 0.15) is 24.2 Å². The van der Waals surface area contributed by atoms with Gasteiger partial charge < -0.3 is 14.2 Å². The Balaban J connectivity index is 1.93. The van der Waals surface area contributed by atoms with Crippen LogP contribution in [-0.4, -0.2) is 28.0 Å². The predicted molar refractivity (Wildman–Crippen MR) is 92.3 cm³/mol. The fourth-order valence-corrected chi connectivity index (χ4v) is 2.74. The van der Waals surface area contributed by atoms with Gasteiger partial charge in [-0.05, 0) is 24.6 Å². The number of aryl methyl sites for hydroxylation is 1. The molecule has 7 heteroatoms. The number of amides is 1. The molecule has 0 radical (unpaired) electrons. The summed E-state index contributed by atoms with van der Waals surface area (Å²) in [5.74, 6) is 0.664. The number of hydrogen-bond donors (Lipinski definition) is 0. The molecule has 0 N–H and O–H groups in total. The van der Waals surface area contributed by atoms with Crippen LogP contribution >= 0.6 is 0 Å². The van der Waals surface area contributed by atoms with Crippen molar-refractivity contribution in [1.29, 1.82) is 0 Å². The highest BCUT2D eigenvalue weighted by molar-refractivity contribution is 5.95. The van der Waals surface area contributed by atoms with Crippen molar-refractivity contribution in [3.8, 4) is 5.75 Å². The van der Waals surface area contributed by atoms with Crippen molar-refractivity contribution in [2.75, 3.05) is 12.0 Å². The molecule has 3 aromatic rings. The number of aromatic nitrogens is 3. The molecule has 25 heavy (non-hydrogen) atoms. The van der Waals surface area contributed by atoms with Crippen molar-refractivity contribution in [3.05, 3.63) is 60.2 Å². The van der Waals surface area contributed by atoms with Crippen LogP contribution in [0.3, 0.4) is 0 Å². The smallest absolute Gasteiger partial charge is 0.233 e. The maximum absolute atomic E-state index is 13.0. The molecule has 2 heterocycles. The molecular formula is C18H20N4O3. The van der Waals surface area contributed by atoms with Crippen molar-refractivity contribution in [3.63, 3.8) is 0 Å². The predicted octanol–water partition coefficient (Wildman–Crippen LogP) is 2.75. The standard InChI is InChI=1S/C18H20N4O3/c1-13(14-5-4-6-17(9-14)24-3)22(16-11-19-21(2)12-16)18(23)10-15-7-8-25-20-15/h4-9,11-13H,10H2,1-3H3/t13-/m1/s1. The highest BCUT2D eigenvalue weighted by Crippen LogP contribution is 2.29. The molecule has 1 atom stereocenters. The van der Waals surface area contributed by atoms with E-state index in [1.54, 1.807) is 29.0 Å². The highest BCUT2D eigenvalue weighted by Gasteiger charge is 2.25. The monoisotopic (exact) mass is 340 g/mol. The Morgan fingerprint density at radius 2 is 2.24 bits per heavy atom. The molecule has 0 unspecified atom stereocenters. The van der Waals surface area contributed by atoms with Crippen LogP contribution < -0.4 is 9.64 Å². The zero-order chi connectivity index (χ0) is 17.8. The van der Waals surface area contributed by atoms with E-state index in [2.05, 4.69) is 10.3 Å². The molecule has 0 fully saturated rings. The number of ether oxygens (including phenoxy) is 1. The number of benzene rings is 1. The zero-order valence-electron chi connectivity index (χ0n) is 14.4. The average Bonchev–Trinajstić information content (AvgIpc) is 3.27. The summed E-state index contributed by atoms with van der Waals surface area (Å²) in [4.78, 5) is 14.7. The van der Waals surface area contributed by atoms with Gasteiger partial charge in [-0.3, -0.25) is 9.48 Å². The molecule has 0 aliphatic carbocycles. The normalized spacial score (nSPS) is 12.0. The van der Waals surface area contributed by atoms with Gasteiger partial charge in [0, 0.05) is 19.3 Å². The number of carbonyl (C=O) groups is 1. The molecule has 0 bridgehead atoms. The lowest BCUT2D eigenvalue weighted by Crippen LogP contribution is -2.34. The van der Waals surface area contributed by atoms with E-state index in [1.807, 2.05) is 44.4 Å². The Kier molecular flexibility index (Phi) is 4.83. The summed E-state index contributed by atoms with van der Waals surface area (Å²) in [6.45, 7) is 1.97. The Hall–Kier alpha value is -3.09.